The van der Waals surface area contributed by atoms with E-state index >= 15 is 0 Å². The van der Waals surface area contributed by atoms with E-state index in [4.69, 9.17) is 4.52 Å². The zero-order valence-electron chi connectivity index (χ0n) is 15.2. The van der Waals surface area contributed by atoms with Crippen molar-refractivity contribution in [1.29, 1.82) is 0 Å². The first-order valence-corrected chi connectivity index (χ1v) is 9.16. The molecule has 2 aromatic rings. The first-order chi connectivity index (χ1) is 12.6. The molecule has 0 N–H and O–H groups in total. The maximum atomic E-state index is 13.1. The number of likely N-dealkylation sites (tertiary alicyclic amines) is 1. The second-order valence-corrected chi connectivity index (χ2v) is 7.09. The molecule has 1 atom stereocenters. The quantitative estimate of drug-likeness (QED) is 0.851. The highest BCUT2D eigenvalue weighted by atomic mass is 16.5. The number of rotatable bonds is 3. The fraction of sp³-hybridized carbons (Fsp3) is 0.450. The number of amides is 2. The van der Waals surface area contributed by atoms with Gasteiger partial charge in [0.15, 0.2) is 0 Å². The van der Waals surface area contributed by atoms with Gasteiger partial charge in [0.05, 0.1) is 11.7 Å². The molecule has 6 heteroatoms. The Kier molecular flexibility index (Phi) is 4.26. The molecular formula is C20H23N3O3. The summed E-state index contributed by atoms with van der Waals surface area (Å²) in [5, 5.41) is 4.03. The van der Waals surface area contributed by atoms with Crippen LogP contribution in [0.5, 0.6) is 0 Å². The van der Waals surface area contributed by atoms with Crippen molar-refractivity contribution in [2.45, 2.75) is 45.6 Å². The number of hydrogen-bond acceptors (Lipinski definition) is 4. The molecule has 1 fully saturated rings. The van der Waals surface area contributed by atoms with E-state index in [1.165, 1.54) is 0 Å². The van der Waals surface area contributed by atoms with Crippen LogP contribution in [-0.4, -0.2) is 35.0 Å². The Hall–Kier alpha value is -2.63. The molecule has 6 nitrogen and oxygen atoms in total. The van der Waals surface area contributed by atoms with Gasteiger partial charge in [0.1, 0.15) is 12.3 Å². The van der Waals surface area contributed by atoms with Gasteiger partial charge in [-0.3, -0.25) is 9.59 Å². The second-order valence-electron chi connectivity index (χ2n) is 7.09. The molecule has 1 aromatic carbocycles. The van der Waals surface area contributed by atoms with Crippen LogP contribution in [0.4, 0.5) is 5.69 Å². The summed E-state index contributed by atoms with van der Waals surface area (Å²) in [5.74, 6) is 0.772. The number of fused-ring (bicyclic) bond motifs is 1. The highest BCUT2D eigenvalue weighted by Gasteiger charge is 2.35. The van der Waals surface area contributed by atoms with Crippen LogP contribution < -0.4 is 4.90 Å². The molecule has 1 aromatic heterocycles. The topological polar surface area (TPSA) is 66.7 Å². The van der Waals surface area contributed by atoms with Crippen LogP contribution >= 0.6 is 0 Å². The summed E-state index contributed by atoms with van der Waals surface area (Å²) in [4.78, 5) is 29.1. The van der Waals surface area contributed by atoms with Crippen molar-refractivity contribution in [3.8, 4) is 0 Å². The molecule has 3 heterocycles. The Labute approximate surface area is 152 Å². The number of carbonyl (C=O) groups is 2. The summed E-state index contributed by atoms with van der Waals surface area (Å²) >= 11 is 0. The fourth-order valence-corrected chi connectivity index (χ4v) is 4.23. The van der Waals surface area contributed by atoms with Crippen LogP contribution in [0.3, 0.4) is 0 Å². The number of aryl methyl sites for hydroxylation is 3. The minimum Gasteiger partial charge on any atom is -0.361 e. The van der Waals surface area contributed by atoms with E-state index in [1.54, 1.807) is 4.90 Å². The Morgan fingerprint density at radius 1 is 1.27 bits per heavy atom. The second kappa shape index (κ2) is 6.59. The molecule has 26 heavy (non-hydrogen) atoms. The van der Waals surface area contributed by atoms with Gasteiger partial charge in [-0.05, 0) is 44.7 Å². The standard InChI is InChI=1S/C20H23N3O3/c1-13-20(14(2)26-21-13)17-8-5-11-22(17)19(25)12-23-16-7-4-3-6-15(16)9-10-18(23)24/h3-4,6-7,17H,5,8-12H2,1-2H3. The maximum absolute atomic E-state index is 13.1. The predicted molar refractivity (Wildman–Crippen MR) is 96.8 cm³/mol. The summed E-state index contributed by atoms with van der Waals surface area (Å²) in [7, 11) is 0. The molecule has 0 saturated carbocycles. The van der Waals surface area contributed by atoms with Gasteiger partial charge in [0.25, 0.3) is 0 Å². The molecule has 4 rings (SSSR count). The minimum absolute atomic E-state index is 0.0103. The molecule has 2 aliphatic heterocycles. The monoisotopic (exact) mass is 353 g/mol. The zero-order chi connectivity index (χ0) is 18.3. The lowest BCUT2D eigenvalue weighted by atomic mass is 10.0. The molecule has 1 unspecified atom stereocenters. The number of benzene rings is 1. The average molecular weight is 353 g/mol. The largest absolute Gasteiger partial charge is 0.361 e. The number of anilines is 1. The zero-order valence-corrected chi connectivity index (χ0v) is 15.2. The molecule has 0 spiro atoms. The van der Waals surface area contributed by atoms with Crippen LogP contribution in [0.25, 0.3) is 0 Å². The van der Waals surface area contributed by atoms with Gasteiger partial charge >= 0.3 is 0 Å². The van der Waals surface area contributed by atoms with Gasteiger partial charge in [-0.25, -0.2) is 0 Å². The van der Waals surface area contributed by atoms with E-state index in [1.807, 2.05) is 43.0 Å². The molecular weight excluding hydrogens is 330 g/mol. The number of hydrogen-bond donors (Lipinski definition) is 0. The first-order valence-electron chi connectivity index (χ1n) is 9.16. The van der Waals surface area contributed by atoms with Gasteiger partial charge in [0, 0.05) is 24.2 Å². The molecule has 1 saturated heterocycles. The van der Waals surface area contributed by atoms with Crippen LogP contribution in [-0.2, 0) is 16.0 Å². The third-order valence-electron chi connectivity index (χ3n) is 5.48. The van der Waals surface area contributed by atoms with E-state index in [-0.39, 0.29) is 24.4 Å². The summed E-state index contributed by atoms with van der Waals surface area (Å²) < 4.78 is 5.30. The summed E-state index contributed by atoms with van der Waals surface area (Å²) in [6.45, 7) is 4.60. The highest BCUT2D eigenvalue weighted by Crippen LogP contribution is 2.36. The Morgan fingerprint density at radius 3 is 2.85 bits per heavy atom. The Balaban J connectivity index is 1.57. The molecule has 2 aliphatic rings. The predicted octanol–water partition coefficient (Wildman–Crippen LogP) is 2.93. The summed E-state index contributed by atoms with van der Waals surface area (Å²) in [6, 6.07) is 7.83. The number of para-hydroxylation sites is 1. The third kappa shape index (κ3) is 2.79. The molecule has 136 valence electrons. The van der Waals surface area contributed by atoms with E-state index in [0.717, 1.165) is 47.5 Å². The van der Waals surface area contributed by atoms with Gasteiger partial charge in [-0.1, -0.05) is 23.4 Å². The number of aromatic nitrogens is 1. The van der Waals surface area contributed by atoms with Crippen molar-refractivity contribution in [3.63, 3.8) is 0 Å². The lowest BCUT2D eigenvalue weighted by molar-refractivity contribution is -0.132. The van der Waals surface area contributed by atoms with Crippen LogP contribution in [0.15, 0.2) is 28.8 Å². The molecule has 0 aliphatic carbocycles. The minimum atomic E-state index is -0.0162. The van der Waals surface area contributed by atoms with Crippen molar-refractivity contribution < 1.29 is 14.1 Å². The first kappa shape index (κ1) is 16.8. The van der Waals surface area contributed by atoms with E-state index in [9.17, 15) is 9.59 Å². The van der Waals surface area contributed by atoms with Gasteiger partial charge in [-0.15, -0.1) is 0 Å². The van der Waals surface area contributed by atoms with Crippen LogP contribution in [0, 0.1) is 13.8 Å². The van der Waals surface area contributed by atoms with Crippen LogP contribution in [0.1, 0.15) is 47.9 Å². The lowest BCUT2D eigenvalue weighted by Crippen LogP contribution is -2.44. The Morgan fingerprint density at radius 2 is 2.08 bits per heavy atom. The van der Waals surface area contributed by atoms with Crippen molar-refractivity contribution in [1.82, 2.24) is 10.1 Å². The van der Waals surface area contributed by atoms with Crippen molar-refractivity contribution in [3.05, 3.63) is 46.8 Å². The SMILES string of the molecule is Cc1noc(C)c1C1CCCN1C(=O)CN1C(=O)CCc2ccccc21. The molecule has 0 radical (unpaired) electrons. The van der Waals surface area contributed by atoms with E-state index in [0.29, 0.717) is 13.0 Å². The van der Waals surface area contributed by atoms with Crippen molar-refractivity contribution >= 4 is 17.5 Å². The van der Waals surface area contributed by atoms with E-state index in [2.05, 4.69) is 5.16 Å². The smallest absolute Gasteiger partial charge is 0.243 e. The van der Waals surface area contributed by atoms with Gasteiger partial charge in [-0.2, -0.15) is 0 Å². The highest BCUT2D eigenvalue weighted by molar-refractivity contribution is 6.01. The normalized spacial score (nSPS) is 19.8. The Bertz CT molecular complexity index is 838. The van der Waals surface area contributed by atoms with Crippen molar-refractivity contribution in [2.24, 2.45) is 0 Å². The number of nitrogens with zero attached hydrogens (tertiary/aromatic N) is 3. The molecule has 2 amide bonds. The third-order valence-corrected chi connectivity index (χ3v) is 5.48. The molecule has 0 bridgehead atoms. The van der Waals surface area contributed by atoms with Gasteiger partial charge < -0.3 is 14.3 Å². The van der Waals surface area contributed by atoms with Crippen molar-refractivity contribution in [2.75, 3.05) is 18.0 Å². The van der Waals surface area contributed by atoms with Crippen LogP contribution in [0.2, 0.25) is 0 Å². The lowest BCUT2D eigenvalue weighted by Gasteiger charge is -2.32. The maximum Gasteiger partial charge on any atom is 0.243 e. The summed E-state index contributed by atoms with van der Waals surface area (Å²) in [6.07, 6.45) is 3.05. The summed E-state index contributed by atoms with van der Waals surface area (Å²) in [5.41, 5.74) is 3.85. The van der Waals surface area contributed by atoms with Gasteiger partial charge in [0.2, 0.25) is 11.8 Å². The average Bonchev–Trinajstić information content (AvgIpc) is 3.23. The number of carbonyl (C=O) groups excluding carboxylic acids is 2. The fourth-order valence-electron chi connectivity index (χ4n) is 4.23. The van der Waals surface area contributed by atoms with E-state index < -0.39 is 0 Å².